The van der Waals surface area contributed by atoms with E-state index in [2.05, 4.69) is 29.0 Å². The molecule has 3 rings (SSSR count). The van der Waals surface area contributed by atoms with Gasteiger partial charge in [0.15, 0.2) is 0 Å². The van der Waals surface area contributed by atoms with E-state index in [0.29, 0.717) is 17.6 Å². The highest BCUT2D eigenvalue weighted by Gasteiger charge is 2.25. The number of hydrogen-bond donors (Lipinski definition) is 1. The van der Waals surface area contributed by atoms with Crippen molar-refractivity contribution in [3.63, 3.8) is 0 Å². The van der Waals surface area contributed by atoms with E-state index in [1.807, 2.05) is 17.0 Å². The van der Waals surface area contributed by atoms with E-state index >= 15 is 0 Å². The molecule has 0 radical (unpaired) electrons. The second-order valence-corrected chi connectivity index (χ2v) is 6.28. The smallest absolute Gasteiger partial charge is 0.255 e. The summed E-state index contributed by atoms with van der Waals surface area (Å²) in [6.07, 6.45) is 4.20. The third-order valence-corrected chi connectivity index (χ3v) is 4.27. The lowest BCUT2D eigenvalue weighted by Crippen LogP contribution is -2.55. The first-order valence-electron chi connectivity index (χ1n) is 7.90. The lowest BCUT2D eigenvalue weighted by Gasteiger charge is -2.36. The maximum Gasteiger partial charge on any atom is 0.255 e. The number of aromatic nitrogens is 1. The van der Waals surface area contributed by atoms with Gasteiger partial charge in [0.05, 0.1) is 5.56 Å². The number of rotatable bonds is 2. The van der Waals surface area contributed by atoms with Gasteiger partial charge in [0.2, 0.25) is 0 Å². The Morgan fingerprint density at radius 2 is 1.86 bits per heavy atom. The molecule has 1 amide bonds. The average molecular weight is 288 g/mol. The molecular weight excluding hydrogens is 264 g/mol. The van der Waals surface area contributed by atoms with Gasteiger partial charge < -0.3 is 15.1 Å². The molecule has 0 spiro atoms. The molecule has 1 aromatic rings. The summed E-state index contributed by atoms with van der Waals surface area (Å²) in [5.41, 5.74) is 0.694. The molecule has 21 heavy (non-hydrogen) atoms. The van der Waals surface area contributed by atoms with E-state index in [4.69, 9.17) is 0 Å². The zero-order chi connectivity index (χ0) is 14.8. The van der Waals surface area contributed by atoms with Crippen LogP contribution in [0.2, 0.25) is 0 Å². The van der Waals surface area contributed by atoms with Crippen LogP contribution in [0.4, 0.5) is 5.82 Å². The summed E-state index contributed by atoms with van der Waals surface area (Å²) in [5.74, 6) is 1.08. The Morgan fingerprint density at radius 3 is 2.43 bits per heavy atom. The zero-order valence-corrected chi connectivity index (χ0v) is 12.9. The molecule has 1 N–H and O–H groups in total. The average Bonchev–Trinajstić information content (AvgIpc) is 3.00. The maximum atomic E-state index is 12.6. The van der Waals surface area contributed by atoms with Crippen LogP contribution in [0, 0.1) is 0 Å². The fraction of sp³-hybridized carbons (Fsp3) is 0.625. The number of carbonyl (C=O) groups is 1. The Morgan fingerprint density at radius 1 is 1.19 bits per heavy atom. The van der Waals surface area contributed by atoms with Crippen LogP contribution >= 0.6 is 0 Å². The van der Waals surface area contributed by atoms with Crippen LogP contribution in [-0.2, 0) is 0 Å². The first kappa shape index (κ1) is 14.3. The summed E-state index contributed by atoms with van der Waals surface area (Å²) in [5, 5.41) is 3.45. The highest BCUT2D eigenvalue weighted by atomic mass is 16.2. The van der Waals surface area contributed by atoms with E-state index in [0.717, 1.165) is 32.0 Å². The van der Waals surface area contributed by atoms with Gasteiger partial charge in [-0.2, -0.15) is 0 Å². The van der Waals surface area contributed by atoms with E-state index in [1.54, 1.807) is 6.20 Å². The number of anilines is 1. The van der Waals surface area contributed by atoms with Crippen LogP contribution in [0.5, 0.6) is 0 Å². The molecule has 2 saturated heterocycles. The van der Waals surface area contributed by atoms with Gasteiger partial charge in [-0.1, -0.05) is 0 Å². The molecule has 5 heteroatoms. The monoisotopic (exact) mass is 288 g/mol. The van der Waals surface area contributed by atoms with Gasteiger partial charge in [-0.25, -0.2) is 4.98 Å². The Bertz CT molecular complexity index is 486. The van der Waals surface area contributed by atoms with Crippen molar-refractivity contribution in [1.29, 1.82) is 0 Å². The highest BCUT2D eigenvalue weighted by molar-refractivity contribution is 5.94. The molecule has 0 unspecified atom stereocenters. The van der Waals surface area contributed by atoms with E-state index < -0.39 is 0 Å². The number of hydrogen-bond acceptors (Lipinski definition) is 4. The first-order valence-corrected chi connectivity index (χ1v) is 7.90. The summed E-state index contributed by atoms with van der Waals surface area (Å²) in [7, 11) is 0. The Kier molecular flexibility index (Phi) is 4.10. The summed E-state index contributed by atoms with van der Waals surface area (Å²) < 4.78 is 0. The summed E-state index contributed by atoms with van der Waals surface area (Å²) in [6.45, 7) is 7.91. The molecule has 114 valence electrons. The first-order chi connectivity index (χ1) is 10.1. The van der Waals surface area contributed by atoms with Crippen LogP contribution in [0.25, 0.3) is 0 Å². The largest absolute Gasteiger partial charge is 0.357 e. The van der Waals surface area contributed by atoms with Crippen LogP contribution in [0.1, 0.15) is 37.0 Å². The Balaban J connectivity index is 1.69. The minimum absolute atomic E-state index is 0.0932. The van der Waals surface area contributed by atoms with Crippen molar-refractivity contribution in [2.24, 2.45) is 0 Å². The minimum Gasteiger partial charge on any atom is -0.357 e. The predicted molar refractivity (Wildman–Crippen MR) is 83.6 cm³/mol. The predicted octanol–water partition coefficient (Wildman–Crippen LogP) is 1.50. The fourth-order valence-electron chi connectivity index (χ4n) is 3.32. The van der Waals surface area contributed by atoms with Crippen LogP contribution in [0.3, 0.4) is 0 Å². The van der Waals surface area contributed by atoms with Crippen LogP contribution < -0.4 is 10.2 Å². The Labute approximate surface area is 126 Å². The van der Waals surface area contributed by atoms with Crippen molar-refractivity contribution in [3.8, 4) is 0 Å². The molecule has 5 nitrogen and oxygen atoms in total. The van der Waals surface area contributed by atoms with Gasteiger partial charge >= 0.3 is 0 Å². The number of pyridine rings is 1. The minimum atomic E-state index is 0.0932. The van der Waals surface area contributed by atoms with E-state index in [9.17, 15) is 4.79 Å². The zero-order valence-electron chi connectivity index (χ0n) is 12.9. The molecule has 0 aliphatic carbocycles. The second-order valence-electron chi connectivity index (χ2n) is 6.28. The van der Waals surface area contributed by atoms with Crippen molar-refractivity contribution < 1.29 is 4.79 Å². The van der Waals surface area contributed by atoms with Crippen LogP contribution in [0.15, 0.2) is 18.3 Å². The molecule has 2 aliphatic heterocycles. The number of nitrogens with one attached hydrogen (secondary N) is 1. The van der Waals surface area contributed by atoms with Crippen molar-refractivity contribution >= 4 is 11.7 Å². The molecule has 2 aliphatic rings. The van der Waals surface area contributed by atoms with Crippen LogP contribution in [-0.4, -0.2) is 54.1 Å². The molecule has 2 atom stereocenters. The molecule has 0 bridgehead atoms. The lowest BCUT2D eigenvalue weighted by molar-refractivity contribution is 0.0673. The van der Waals surface area contributed by atoms with E-state index in [-0.39, 0.29) is 5.91 Å². The quantitative estimate of drug-likeness (QED) is 0.896. The SMILES string of the molecule is C[C@H]1CN(C(=O)c2ccc(N3CCCC3)nc2)C[C@H](C)N1. The fourth-order valence-corrected chi connectivity index (χ4v) is 3.32. The van der Waals surface area contributed by atoms with Crippen molar-refractivity contribution in [1.82, 2.24) is 15.2 Å². The molecule has 1 aromatic heterocycles. The molecular formula is C16H24N4O. The maximum absolute atomic E-state index is 12.6. The number of piperazine rings is 1. The molecule has 0 saturated carbocycles. The van der Waals surface area contributed by atoms with Gasteiger partial charge in [0.25, 0.3) is 5.91 Å². The Hall–Kier alpha value is -1.62. The summed E-state index contributed by atoms with van der Waals surface area (Å²) >= 11 is 0. The van der Waals surface area contributed by atoms with Gasteiger partial charge in [0, 0.05) is 44.5 Å². The van der Waals surface area contributed by atoms with Gasteiger partial charge in [-0.05, 0) is 38.8 Å². The lowest BCUT2D eigenvalue weighted by atomic mass is 10.1. The summed E-state index contributed by atoms with van der Waals surface area (Å²) in [6, 6.07) is 4.58. The topological polar surface area (TPSA) is 48.5 Å². The third-order valence-electron chi connectivity index (χ3n) is 4.27. The van der Waals surface area contributed by atoms with E-state index in [1.165, 1.54) is 12.8 Å². The normalized spacial score (nSPS) is 26.2. The highest BCUT2D eigenvalue weighted by Crippen LogP contribution is 2.18. The van der Waals surface area contributed by atoms with Gasteiger partial charge in [-0.15, -0.1) is 0 Å². The number of amides is 1. The van der Waals surface area contributed by atoms with Crippen molar-refractivity contribution in [2.45, 2.75) is 38.8 Å². The number of nitrogens with zero attached hydrogens (tertiary/aromatic N) is 3. The number of carbonyl (C=O) groups excluding carboxylic acids is 1. The molecule has 0 aromatic carbocycles. The van der Waals surface area contributed by atoms with Crippen molar-refractivity contribution in [2.75, 3.05) is 31.1 Å². The van der Waals surface area contributed by atoms with Crippen molar-refractivity contribution in [3.05, 3.63) is 23.9 Å². The standard InChI is InChI=1S/C16H24N4O/c1-12-10-20(11-13(2)18-12)16(21)14-5-6-15(17-9-14)19-7-3-4-8-19/h5-6,9,12-13,18H,3-4,7-8,10-11H2,1-2H3/t12-,13-/m0/s1. The summed E-state index contributed by atoms with van der Waals surface area (Å²) in [4.78, 5) is 21.3. The third kappa shape index (κ3) is 3.18. The second kappa shape index (κ2) is 6.02. The van der Waals surface area contributed by atoms with Gasteiger partial charge in [0.1, 0.15) is 5.82 Å². The molecule has 2 fully saturated rings. The molecule has 3 heterocycles. The van der Waals surface area contributed by atoms with Gasteiger partial charge in [-0.3, -0.25) is 4.79 Å².